The Morgan fingerprint density at radius 2 is 1.56 bits per heavy atom. The van der Waals surface area contributed by atoms with Gasteiger partial charge in [0.1, 0.15) is 6.04 Å². The highest BCUT2D eigenvalue weighted by atomic mass is 32.2. The molecule has 0 radical (unpaired) electrons. The number of carbonyl (C=O) groups is 3. The van der Waals surface area contributed by atoms with Crippen LogP contribution in [0.2, 0.25) is 0 Å². The van der Waals surface area contributed by atoms with Gasteiger partial charge in [0.2, 0.25) is 15.9 Å². The number of nitrogens with one attached hydrogen (secondary N) is 1. The van der Waals surface area contributed by atoms with Gasteiger partial charge >= 0.3 is 0 Å². The Kier molecular flexibility index (Phi) is 15.5. The van der Waals surface area contributed by atoms with Gasteiger partial charge in [-0.25, -0.2) is 8.42 Å². The average Bonchev–Trinajstić information content (AvgIpc) is 2.92. The zero-order valence-electron chi connectivity index (χ0n) is 25.6. The minimum absolute atomic E-state index is 0.0254. The molecule has 1 unspecified atom stereocenters. The number of aliphatic imine (C=N–C) groups is 1. The molecule has 0 saturated carbocycles. The number of benzene rings is 2. The van der Waals surface area contributed by atoms with Crippen molar-refractivity contribution in [2.75, 3.05) is 38.6 Å². The van der Waals surface area contributed by atoms with Crippen molar-refractivity contribution in [2.24, 2.45) is 22.4 Å². The molecule has 1 saturated heterocycles. The van der Waals surface area contributed by atoms with Crippen LogP contribution in [0.5, 0.6) is 0 Å². The van der Waals surface area contributed by atoms with Crippen LogP contribution in [-0.4, -0.2) is 87.1 Å². The zero-order chi connectivity index (χ0) is 32.7. The minimum atomic E-state index is -3.98. The van der Waals surface area contributed by atoms with E-state index in [1.807, 2.05) is 37.2 Å². The van der Waals surface area contributed by atoms with Crippen LogP contribution in [0.3, 0.4) is 0 Å². The van der Waals surface area contributed by atoms with Crippen LogP contribution in [-0.2, 0) is 24.4 Å². The Hall–Kier alpha value is -3.91. The van der Waals surface area contributed by atoms with Crippen molar-refractivity contribution in [1.82, 2.24) is 9.62 Å². The Bertz CT molecular complexity index is 1330. The lowest BCUT2D eigenvalue weighted by molar-refractivity contribution is -0.135. The first-order valence-corrected chi connectivity index (χ1v) is 15.5. The van der Waals surface area contributed by atoms with E-state index in [-0.39, 0.29) is 16.8 Å². The van der Waals surface area contributed by atoms with Gasteiger partial charge in [0.15, 0.2) is 5.96 Å². The molecule has 43 heavy (non-hydrogen) atoms. The molecule has 240 valence electrons. The number of fused-ring (bicyclic) bond motifs is 1. The third-order valence-electron chi connectivity index (χ3n) is 6.67. The summed E-state index contributed by atoms with van der Waals surface area (Å²) in [6.07, 6.45) is 3.74. The van der Waals surface area contributed by atoms with Gasteiger partial charge in [-0.3, -0.25) is 19.4 Å². The summed E-state index contributed by atoms with van der Waals surface area (Å²) in [4.78, 5) is 39.3. The number of anilines is 1. The molecule has 3 rings (SSSR count). The molecule has 1 fully saturated rings. The molecular formula is C29H46N6O7S. The van der Waals surface area contributed by atoms with E-state index < -0.39 is 28.0 Å². The fraction of sp³-hybridized carbons (Fsp3) is 0.517. The van der Waals surface area contributed by atoms with E-state index in [1.54, 1.807) is 23.1 Å². The van der Waals surface area contributed by atoms with E-state index >= 15 is 0 Å². The predicted molar refractivity (Wildman–Crippen MR) is 169 cm³/mol. The third kappa shape index (κ3) is 12.9. The van der Waals surface area contributed by atoms with Gasteiger partial charge in [0, 0.05) is 64.0 Å². The largest absolute Gasteiger partial charge is 0.481 e. The molecule has 1 aliphatic heterocycles. The lowest BCUT2D eigenvalue weighted by Crippen LogP contribution is -2.50. The molecule has 14 heteroatoms. The number of amides is 1. The number of aliphatic carboxylic acids is 2. The number of carboxylic acid groups (broad SMARTS) is 2. The number of nitrogens with two attached hydrogens (primary N) is 2. The predicted octanol–water partition coefficient (Wildman–Crippen LogP) is 2.44. The topological polar surface area (TPSA) is 209 Å². The molecule has 0 spiro atoms. The third-order valence-corrected chi connectivity index (χ3v) is 8.20. The van der Waals surface area contributed by atoms with Crippen molar-refractivity contribution in [3.63, 3.8) is 0 Å². The SMILES string of the molecule is CC(=O)O.CC(=O)O.CCC1CCN(C(=O)C(CCCN=C(N)N)NS(=O)(=O)c2cccc3c(N(C)C)cccc23)CC1. The molecule has 0 bridgehead atoms. The second kappa shape index (κ2) is 17.9. The Balaban J connectivity index is 0.00000103. The van der Waals surface area contributed by atoms with E-state index in [0.717, 1.165) is 44.2 Å². The molecule has 13 nitrogen and oxygen atoms in total. The zero-order valence-corrected chi connectivity index (χ0v) is 26.4. The molecule has 0 aliphatic carbocycles. The van der Waals surface area contributed by atoms with E-state index in [9.17, 15) is 13.2 Å². The van der Waals surface area contributed by atoms with Crippen LogP contribution in [0.4, 0.5) is 5.69 Å². The first-order valence-electron chi connectivity index (χ1n) is 14.0. The fourth-order valence-electron chi connectivity index (χ4n) is 4.66. The lowest BCUT2D eigenvalue weighted by Gasteiger charge is -2.34. The van der Waals surface area contributed by atoms with Gasteiger partial charge in [-0.2, -0.15) is 4.72 Å². The number of carbonyl (C=O) groups excluding carboxylic acids is 1. The van der Waals surface area contributed by atoms with Crippen LogP contribution in [0.25, 0.3) is 10.8 Å². The second-order valence-corrected chi connectivity index (χ2v) is 12.0. The van der Waals surface area contributed by atoms with Gasteiger partial charge in [-0.15, -0.1) is 0 Å². The summed E-state index contributed by atoms with van der Waals surface area (Å²) in [5.41, 5.74) is 11.7. The van der Waals surface area contributed by atoms with Crippen molar-refractivity contribution in [3.05, 3.63) is 36.4 Å². The molecule has 1 amide bonds. The fourth-order valence-corrected chi connectivity index (χ4v) is 6.10. The number of rotatable bonds is 10. The van der Waals surface area contributed by atoms with Gasteiger partial charge in [0.25, 0.3) is 11.9 Å². The smallest absolute Gasteiger partial charge is 0.300 e. The molecule has 2 aromatic rings. The molecule has 7 N–H and O–H groups in total. The second-order valence-electron chi connectivity index (χ2n) is 10.4. The van der Waals surface area contributed by atoms with Crippen molar-refractivity contribution < 1.29 is 33.0 Å². The van der Waals surface area contributed by atoms with Crippen LogP contribution in [0, 0.1) is 5.92 Å². The van der Waals surface area contributed by atoms with Crippen LogP contribution < -0.4 is 21.1 Å². The summed E-state index contributed by atoms with van der Waals surface area (Å²) in [5.74, 6) is -1.28. The first kappa shape index (κ1) is 37.1. The molecular weight excluding hydrogens is 576 g/mol. The average molecular weight is 623 g/mol. The molecule has 1 heterocycles. The molecule has 1 aliphatic rings. The number of piperidine rings is 1. The number of carboxylic acids is 2. The first-order chi connectivity index (χ1) is 20.1. The standard InChI is InChI=1S/C25H38N6O3S.2C2H4O2/c1-4-18-13-16-31(17-14-18)24(32)21(10-7-15-28-25(26)27)29-35(33,34)23-12-6-8-19-20(23)9-5-11-22(19)30(2)3;2*1-2(3)4/h5-6,8-9,11-12,18,21,29H,4,7,10,13-17H2,1-3H3,(H4,26,27,28);2*1H3,(H,3,4). The highest BCUT2D eigenvalue weighted by Crippen LogP contribution is 2.30. The van der Waals surface area contributed by atoms with Gasteiger partial charge in [0.05, 0.1) is 4.90 Å². The quantitative estimate of drug-likeness (QED) is 0.148. The number of nitrogens with zero attached hydrogens (tertiary/aromatic N) is 3. The Morgan fingerprint density at radius 1 is 1.02 bits per heavy atom. The lowest BCUT2D eigenvalue weighted by atomic mass is 9.94. The number of sulfonamides is 1. The molecule has 0 aromatic heterocycles. The highest BCUT2D eigenvalue weighted by Gasteiger charge is 2.31. The summed E-state index contributed by atoms with van der Waals surface area (Å²) >= 11 is 0. The van der Waals surface area contributed by atoms with Crippen molar-refractivity contribution in [1.29, 1.82) is 0 Å². The van der Waals surface area contributed by atoms with Gasteiger partial charge in [-0.05, 0) is 43.7 Å². The monoisotopic (exact) mass is 622 g/mol. The summed E-state index contributed by atoms with van der Waals surface area (Å²) in [7, 11) is -0.147. The summed E-state index contributed by atoms with van der Waals surface area (Å²) in [6.45, 7) is 5.94. The van der Waals surface area contributed by atoms with Crippen LogP contribution in [0.1, 0.15) is 52.9 Å². The highest BCUT2D eigenvalue weighted by molar-refractivity contribution is 7.89. The van der Waals surface area contributed by atoms with Gasteiger partial charge < -0.3 is 31.5 Å². The van der Waals surface area contributed by atoms with Crippen molar-refractivity contribution in [2.45, 2.75) is 63.8 Å². The molecule has 2 aromatic carbocycles. The van der Waals surface area contributed by atoms with Crippen molar-refractivity contribution in [3.8, 4) is 0 Å². The Labute approximate surface area is 254 Å². The number of hydrogen-bond acceptors (Lipinski definition) is 7. The van der Waals surface area contributed by atoms with E-state index in [2.05, 4.69) is 16.6 Å². The summed E-state index contributed by atoms with van der Waals surface area (Å²) < 4.78 is 29.9. The number of likely N-dealkylation sites (tertiary alicyclic amines) is 1. The maximum absolute atomic E-state index is 13.6. The number of guanidine groups is 1. The normalized spacial score (nSPS) is 13.9. The van der Waals surface area contributed by atoms with E-state index in [1.165, 1.54) is 0 Å². The molecule has 1 atom stereocenters. The number of hydrogen-bond donors (Lipinski definition) is 5. The Morgan fingerprint density at radius 3 is 2.07 bits per heavy atom. The summed E-state index contributed by atoms with van der Waals surface area (Å²) in [5, 5.41) is 16.3. The van der Waals surface area contributed by atoms with E-state index in [4.69, 9.17) is 31.3 Å². The van der Waals surface area contributed by atoms with Crippen LogP contribution >= 0.6 is 0 Å². The van der Waals surface area contributed by atoms with Crippen LogP contribution in [0.15, 0.2) is 46.3 Å². The van der Waals surface area contributed by atoms with Gasteiger partial charge in [-0.1, -0.05) is 37.6 Å². The maximum atomic E-state index is 13.6. The van der Waals surface area contributed by atoms with Crippen molar-refractivity contribution >= 4 is 50.3 Å². The minimum Gasteiger partial charge on any atom is -0.481 e. The summed E-state index contributed by atoms with van der Waals surface area (Å²) in [6, 6.07) is 9.91. The maximum Gasteiger partial charge on any atom is 0.300 e. The van der Waals surface area contributed by atoms with E-state index in [0.29, 0.717) is 43.8 Å².